The third-order valence-corrected chi connectivity index (χ3v) is 9.04. The summed E-state index contributed by atoms with van der Waals surface area (Å²) in [5.74, 6) is -0.648. The van der Waals surface area contributed by atoms with Crippen LogP contribution in [0.15, 0.2) is 0 Å². The highest BCUT2D eigenvalue weighted by Gasteiger charge is 1.98. The summed E-state index contributed by atoms with van der Waals surface area (Å²) in [7, 11) is 0. The van der Waals surface area contributed by atoms with Gasteiger partial charge in [-0.3, -0.25) is 4.79 Å². The van der Waals surface area contributed by atoms with Gasteiger partial charge in [0.15, 0.2) is 0 Å². The Morgan fingerprint density at radius 1 is 0.316 bits per heavy atom. The van der Waals surface area contributed by atoms with Crippen molar-refractivity contribution in [2.75, 3.05) is 4.43 Å². The molecule has 0 aromatic rings. The lowest BCUT2D eigenvalue weighted by Crippen LogP contribution is -1.93. The molecular weight excluding hydrogens is 579 g/mol. The van der Waals surface area contributed by atoms with Crippen molar-refractivity contribution in [3.8, 4) is 0 Å². The molecule has 3 heteroatoms. The maximum Gasteiger partial charge on any atom is 0.303 e. The van der Waals surface area contributed by atoms with E-state index < -0.39 is 5.97 Å². The van der Waals surface area contributed by atoms with E-state index in [-0.39, 0.29) is 0 Å². The molecule has 0 fully saturated rings. The Morgan fingerprint density at radius 3 is 0.632 bits per heavy atom. The summed E-state index contributed by atoms with van der Waals surface area (Å²) in [4.78, 5) is 10.5. The zero-order chi connectivity index (χ0) is 27.6. The van der Waals surface area contributed by atoms with Gasteiger partial charge in [-0.05, 0) is 17.3 Å². The number of carboxylic acids is 1. The molecule has 0 rings (SSSR count). The molecule has 2 nitrogen and oxygen atoms in total. The van der Waals surface area contributed by atoms with Crippen molar-refractivity contribution in [1.29, 1.82) is 0 Å². The molecule has 38 heavy (non-hydrogen) atoms. The van der Waals surface area contributed by atoms with Crippen molar-refractivity contribution in [2.24, 2.45) is 0 Å². The molecule has 0 spiro atoms. The molecule has 0 unspecified atom stereocenters. The zero-order valence-electron chi connectivity index (χ0n) is 25.8. The second-order valence-electron chi connectivity index (χ2n) is 12.1. The van der Waals surface area contributed by atoms with Crippen LogP contribution in [-0.2, 0) is 4.79 Å². The van der Waals surface area contributed by atoms with Gasteiger partial charge in [0.1, 0.15) is 0 Å². The Labute approximate surface area is 253 Å². The van der Waals surface area contributed by atoms with Gasteiger partial charge in [0.25, 0.3) is 0 Å². The van der Waals surface area contributed by atoms with Crippen molar-refractivity contribution in [3.63, 3.8) is 0 Å². The maximum atomic E-state index is 10.5. The number of carboxylic acid groups (broad SMARTS) is 1. The Hall–Kier alpha value is 0.200. The van der Waals surface area contributed by atoms with E-state index in [1.807, 2.05) is 0 Å². The summed E-state index contributed by atoms with van der Waals surface area (Å²) in [5, 5.41) is 8.63. The van der Waals surface area contributed by atoms with Crippen molar-refractivity contribution < 1.29 is 9.90 Å². The normalized spacial score (nSPS) is 11.4. The second kappa shape index (κ2) is 35.2. The molecule has 0 bridgehead atoms. The van der Waals surface area contributed by atoms with Gasteiger partial charge in [0.05, 0.1) is 0 Å². The number of rotatable bonds is 34. The average Bonchev–Trinajstić information content (AvgIpc) is 2.91. The minimum absolute atomic E-state index is 0.347. The molecule has 0 heterocycles. The molecule has 0 saturated carbocycles. The Kier molecular flexibility index (Phi) is 35.4. The Morgan fingerprint density at radius 2 is 0.474 bits per heavy atom. The molecule has 0 saturated heterocycles. The van der Waals surface area contributed by atoms with Gasteiger partial charge in [-0.25, -0.2) is 0 Å². The highest BCUT2D eigenvalue weighted by atomic mass is 127. The first-order chi connectivity index (χ1) is 18.8. The summed E-state index contributed by atoms with van der Waals surface area (Å²) >= 11 is 2.50. The number of carbonyl (C=O) groups is 1. The van der Waals surface area contributed by atoms with E-state index in [1.165, 1.54) is 197 Å². The van der Waals surface area contributed by atoms with Crippen LogP contribution in [0.2, 0.25) is 0 Å². The lowest BCUT2D eigenvalue weighted by molar-refractivity contribution is -0.137. The van der Waals surface area contributed by atoms with E-state index in [1.54, 1.807) is 0 Å². The molecule has 0 radical (unpaired) electrons. The standard InChI is InChI=1S/C35H69IO2/c36-34-32-30-28-26-24-22-20-18-16-14-12-10-8-6-4-2-1-3-5-7-9-11-13-15-17-19-21-23-25-27-29-31-33-35(37)38/h1-34H2,(H,37,38). The first-order valence-electron chi connectivity index (χ1n) is 17.5. The third-order valence-electron chi connectivity index (χ3n) is 8.27. The van der Waals surface area contributed by atoms with Gasteiger partial charge in [-0.1, -0.05) is 215 Å². The van der Waals surface area contributed by atoms with Crippen LogP contribution in [0.25, 0.3) is 0 Å². The molecule has 228 valence electrons. The first kappa shape index (κ1) is 38.2. The van der Waals surface area contributed by atoms with Crippen molar-refractivity contribution >= 4 is 28.6 Å². The summed E-state index contributed by atoms with van der Waals surface area (Å²) in [6.45, 7) is 0. The highest BCUT2D eigenvalue weighted by molar-refractivity contribution is 14.1. The number of aliphatic carboxylic acids is 1. The monoisotopic (exact) mass is 648 g/mol. The van der Waals surface area contributed by atoms with Crippen LogP contribution in [0.5, 0.6) is 0 Å². The predicted octanol–water partition coefficient (Wildman–Crippen LogP) is 13.4. The summed E-state index contributed by atoms with van der Waals surface area (Å²) in [6.07, 6.45) is 45.5. The molecule has 0 atom stereocenters. The highest BCUT2D eigenvalue weighted by Crippen LogP contribution is 2.17. The number of hydrogen-bond donors (Lipinski definition) is 1. The smallest absolute Gasteiger partial charge is 0.303 e. The van der Waals surface area contributed by atoms with Crippen LogP contribution < -0.4 is 0 Å². The van der Waals surface area contributed by atoms with Crippen molar-refractivity contribution in [3.05, 3.63) is 0 Å². The molecule has 0 aliphatic carbocycles. The van der Waals surface area contributed by atoms with Gasteiger partial charge in [-0.15, -0.1) is 0 Å². The van der Waals surface area contributed by atoms with Gasteiger partial charge in [-0.2, -0.15) is 0 Å². The largest absolute Gasteiger partial charge is 0.481 e. The molecule has 0 aliphatic rings. The maximum absolute atomic E-state index is 10.5. The van der Waals surface area contributed by atoms with Gasteiger partial charge >= 0.3 is 5.97 Å². The lowest BCUT2D eigenvalue weighted by Gasteiger charge is -2.05. The van der Waals surface area contributed by atoms with Crippen LogP contribution in [0.3, 0.4) is 0 Å². The summed E-state index contributed by atoms with van der Waals surface area (Å²) in [5.41, 5.74) is 0. The van der Waals surface area contributed by atoms with Gasteiger partial charge in [0.2, 0.25) is 0 Å². The van der Waals surface area contributed by atoms with Crippen LogP contribution in [0.4, 0.5) is 0 Å². The van der Waals surface area contributed by atoms with Gasteiger partial charge < -0.3 is 5.11 Å². The van der Waals surface area contributed by atoms with Crippen molar-refractivity contribution in [1.82, 2.24) is 0 Å². The van der Waals surface area contributed by atoms with Crippen LogP contribution in [0, 0.1) is 0 Å². The van der Waals surface area contributed by atoms with Crippen LogP contribution >= 0.6 is 22.6 Å². The zero-order valence-corrected chi connectivity index (χ0v) is 27.9. The SMILES string of the molecule is O=C(O)CCCCCCCCCCCCCCCCCCCCCCCCCCCCCCCCCCI. The van der Waals surface area contributed by atoms with E-state index in [0.29, 0.717) is 6.42 Å². The van der Waals surface area contributed by atoms with E-state index in [0.717, 1.165) is 12.8 Å². The topological polar surface area (TPSA) is 37.3 Å². The predicted molar refractivity (Wildman–Crippen MR) is 179 cm³/mol. The minimum atomic E-state index is -0.648. The molecule has 1 N–H and O–H groups in total. The van der Waals surface area contributed by atoms with Crippen LogP contribution in [0.1, 0.15) is 212 Å². The number of hydrogen-bond acceptors (Lipinski definition) is 1. The second-order valence-corrected chi connectivity index (χ2v) is 13.2. The molecule has 0 aliphatic heterocycles. The fourth-order valence-electron chi connectivity index (χ4n) is 5.67. The molecule has 0 amide bonds. The Balaban J connectivity index is 3.02. The number of unbranched alkanes of at least 4 members (excludes halogenated alkanes) is 31. The molecular formula is C35H69IO2. The fraction of sp³-hybridized carbons (Fsp3) is 0.971. The van der Waals surface area contributed by atoms with Gasteiger partial charge in [0, 0.05) is 6.42 Å². The Bertz CT molecular complexity index is 440. The third kappa shape index (κ3) is 36.2. The summed E-state index contributed by atoms with van der Waals surface area (Å²) < 4.78 is 1.34. The van der Waals surface area contributed by atoms with E-state index >= 15 is 0 Å². The first-order valence-corrected chi connectivity index (χ1v) is 19.1. The van der Waals surface area contributed by atoms with Crippen LogP contribution in [-0.4, -0.2) is 15.5 Å². The van der Waals surface area contributed by atoms with Crippen molar-refractivity contribution in [2.45, 2.75) is 212 Å². The molecule has 0 aromatic heterocycles. The average molecular weight is 649 g/mol. The molecule has 0 aromatic carbocycles. The fourth-order valence-corrected chi connectivity index (χ4v) is 6.21. The lowest BCUT2D eigenvalue weighted by atomic mass is 10.0. The number of halogens is 1. The summed E-state index contributed by atoms with van der Waals surface area (Å²) in [6, 6.07) is 0. The van der Waals surface area contributed by atoms with E-state index in [9.17, 15) is 4.79 Å². The van der Waals surface area contributed by atoms with E-state index in [4.69, 9.17) is 5.11 Å². The quantitative estimate of drug-likeness (QED) is 0.0428. The van der Waals surface area contributed by atoms with E-state index in [2.05, 4.69) is 22.6 Å². The minimum Gasteiger partial charge on any atom is -0.481 e. The number of alkyl halides is 1.